The molecule has 0 fully saturated rings. The number of rotatable bonds is 0. The van der Waals surface area contributed by atoms with Crippen LogP contribution in [0.25, 0.3) is 0 Å². The van der Waals surface area contributed by atoms with Gasteiger partial charge in [0, 0.05) is 74.0 Å². The third-order valence-electron chi connectivity index (χ3n) is 0. The largest absolute Gasteiger partial charge is 0.394 e. The van der Waals surface area contributed by atoms with E-state index in [0.717, 1.165) is 0 Å². The zero-order valence-corrected chi connectivity index (χ0v) is 20.2. The first-order chi connectivity index (χ1) is 8.66. The minimum Gasteiger partial charge on any atom is -0.394 e. The van der Waals surface area contributed by atoms with Gasteiger partial charge in [-0.3, -0.25) is 0 Å². The van der Waals surface area contributed by atoms with E-state index in [4.69, 9.17) is 25.5 Å². The molecule has 0 rings (SSSR count). The minimum atomic E-state index is -0.167. The van der Waals surface area contributed by atoms with E-state index >= 15 is 0 Å². The number of hydrogen-bond acceptors (Lipinski definition) is 5. The predicted molar refractivity (Wildman–Crippen MR) is 86.8 cm³/mol. The number of aliphatic hydroxyl groups is 5. The molecule has 0 aliphatic rings. The van der Waals surface area contributed by atoms with Crippen molar-refractivity contribution in [2.75, 3.05) is 0 Å². The molecule has 22 heavy (non-hydrogen) atoms. The van der Waals surface area contributed by atoms with E-state index in [1.807, 2.05) is 0 Å². The Morgan fingerprint density at radius 1 is 0.364 bits per heavy atom. The van der Waals surface area contributed by atoms with Crippen LogP contribution in [0.15, 0.2) is 0 Å². The molecule has 1 radical (unpaired) electrons. The van der Waals surface area contributed by atoms with Gasteiger partial charge in [0.1, 0.15) is 0 Å². The summed E-state index contributed by atoms with van der Waals surface area (Å²) < 4.78 is 0. The summed E-state index contributed by atoms with van der Waals surface area (Å²) in [5, 5.41) is 40.3. The van der Waals surface area contributed by atoms with E-state index in [9.17, 15) is 0 Å². The van der Waals surface area contributed by atoms with Crippen molar-refractivity contribution in [2.45, 2.75) is 99.8 Å². The van der Waals surface area contributed by atoms with Gasteiger partial charge in [0.05, 0.1) is 0 Å². The maximum absolute atomic E-state index is 8.06. The molecule has 0 amide bonds. The molecule has 0 aliphatic heterocycles. The van der Waals surface area contributed by atoms with Crippen LogP contribution in [0.4, 0.5) is 0 Å². The van der Waals surface area contributed by atoms with Crippen molar-refractivity contribution in [1.29, 1.82) is 0 Å². The summed E-state index contributed by atoms with van der Waals surface area (Å²) in [5.41, 5.74) is 0. The quantitative estimate of drug-likeness (QED) is 0.250. The van der Waals surface area contributed by atoms with Crippen molar-refractivity contribution in [3.8, 4) is 0 Å². The molecule has 0 unspecified atom stereocenters. The van der Waals surface area contributed by atoms with E-state index < -0.39 is 0 Å². The summed E-state index contributed by atoms with van der Waals surface area (Å²) in [6, 6.07) is 0. The first-order valence-corrected chi connectivity index (χ1v) is 7.06. The standard InChI is InChI=1S/5C3H8O.Au.Pt/c5*1-3(2)4;;/h5*3-4H,1-2H3;;. The molecule has 7 heteroatoms. The van der Waals surface area contributed by atoms with E-state index in [1.165, 1.54) is 0 Å². The van der Waals surface area contributed by atoms with Crippen molar-refractivity contribution in [3.05, 3.63) is 0 Å². The van der Waals surface area contributed by atoms with Crippen LogP contribution in [-0.2, 0) is 43.4 Å². The van der Waals surface area contributed by atoms with Crippen molar-refractivity contribution in [2.24, 2.45) is 0 Å². The SMILES string of the molecule is CC(C)O.CC(C)O.CC(C)O.CC(C)O.CC(C)O.[Au].[Pt]. The third-order valence-corrected chi connectivity index (χ3v) is 0. The van der Waals surface area contributed by atoms with Crippen LogP contribution >= 0.6 is 0 Å². The average Bonchev–Trinajstić information content (AvgIpc) is 1.94. The summed E-state index contributed by atoms with van der Waals surface area (Å²) in [6.07, 6.45) is -0.833. The van der Waals surface area contributed by atoms with Gasteiger partial charge < -0.3 is 25.5 Å². The predicted octanol–water partition coefficient (Wildman–Crippen LogP) is 1.93. The van der Waals surface area contributed by atoms with Crippen LogP contribution in [-0.4, -0.2) is 56.1 Å². The second kappa shape index (κ2) is 38.0. The molecule has 0 aromatic carbocycles. The van der Waals surface area contributed by atoms with Gasteiger partial charge in [-0.05, 0) is 69.2 Å². The summed E-state index contributed by atoms with van der Waals surface area (Å²) in [4.78, 5) is 0. The van der Waals surface area contributed by atoms with Gasteiger partial charge in [0.25, 0.3) is 0 Å². The summed E-state index contributed by atoms with van der Waals surface area (Å²) in [5.74, 6) is 0. The molecule has 0 bridgehead atoms. The van der Waals surface area contributed by atoms with Gasteiger partial charge in [-0.1, -0.05) is 0 Å². The molecule has 0 saturated heterocycles. The average molecular weight is 693 g/mol. The van der Waals surface area contributed by atoms with Crippen LogP contribution in [0.2, 0.25) is 0 Å². The Morgan fingerprint density at radius 2 is 0.364 bits per heavy atom. The molecule has 5 N–H and O–H groups in total. The van der Waals surface area contributed by atoms with Gasteiger partial charge in [0.15, 0.2) is 0 Å². The Labute approximate surface area is 168 Å². The fraction of sp³-hybridized carbons (Fsp3) is 1.00. The van der Waals surface area contributed by atoms with E-state index in [1.54, 1.807) is 69.2 Å². The molecular weight excluding hydrogens is 652 g/mol. The fourth-order valence-electron chi connectivity index (χ4n) is 0. The van der Waals surface area contributed by atoms with E-state index in [-0.39, 0.29) is 74.0 Å². The molecule has 0 aromatic rings. The van der Waals surface area contributed by atoms with Gasteiger partial charge in [-0.2, -0.15) is 0 Å². The molecule has 0 saturated carbocycles. The van der Waals surface area contributed by atoms with E-state index in [2.05, 4.69) is 0 Å². The second-order valence-electron chi connectivity index (χ2n) is 5.47. The molecule has 0 aromatic heterocycles. The topological polar surface area (TPSA) is 101 Å². The summed E-state index contributed by atoms with van der Waals surface area (Å²) in [7, 11) is 0. The zero-order chi connectivity index (χ0) is 17.9. The maximum Gasteiger partial charge on any atom is 0.0483 e. The normalized spacial score (nSPS) is 8.18. The third kappa shape index (κ3) is 5760. The van der Waals surface area contributed by atoms with Crippen molar-refractivity contribution >= 4 is 0 Å². The molecular formula is C15H40AuO5Pt. The van der Waals surface area contributed by atoms with Crippen molar-refractivity contribution < 1.29 is 69.0 Å². The molecule has 0 heterocycles. The summed E-state index contributed by atoms with van der Waals surface area (Å²) in [6.45, 7) is 17.2. The smallest absolute Gasteiger partial charge is 0.0483 e. The second-order valence-corrected chi connectivity index (χ2v) is 5.47. The van der Waals surface area contributed by atoms with Gasteiger partial charge in [-0.15, -0.1) is 0 Å². The monoisotopic (exact) mass is 692 g/mol. The first kappa shape index (κ1) is 43.6. The molecule has 151 valence electrons. The van der Waals surface area contributed by atoms with Gasteiger partial charge in [-0.25, -0.2) is 0 Å². The Hall–Kier alpha value is 1.23. The Kier molecular flexibility index (Phi) is 75.3. The minimum absolute atomic E-state index is 0. The van der Waals surface area contributed by atoms with Crippen molar-refractivity contribution in [1.82, 2.24) is 0 Å². The molecule has 5 nitrogen and oxygen atoms in total. The van der Waals surface area contributed by atoms with Gasteiger partial charge in [0.2, 0.25) is 0 Å². The Morgan fingerprint density at radius 3 is 0.364 bits per heavy atom. The van der Waals surface area contributed by atoms with Crippen molar-refractivity contribution in [3.63, 3.8) is 0 Å². The Balaban J connectivity index is -0.0000000250. The van der Waals surface area contributed by atoms with E-state index in [0.29, 0.717) is 0 Å². The van der Waals surface area contributed by atoms with Crippen LogP contribution < -0.4 is 0 Å². The first-order valence-electron chi connectivity index (χ1n) is 7.06. The fourth-order valence-corrected chi connectivity index (χ4v) is 0. The van der Waals surface area contributed by atoms with Crippen LogP contribution in [0, 0.1) is 0 Å². The molecule has 0 aliphatic carbocycles. The number of hydrogen-bond donors (Lipinski definition) is 5. The summed E-state index contributed by atoms with van der Waals surface area (Å²) >= 11 is 0. The zero-order valence-electron chi connectivity index (χ0n) is 15.7. The van der Waals surface area contributed by atoms with Crippen LogP contribution in [0.5, 0.6) is 0 Å². The maximum atomic E-state index is 8.06. The van der Waals surface area contributed by atoms with Crippen LogP contribution in [0.3, 0.4) is 0 Å². The Bertz CT molecular complexity index is 86.5. The number of aliphatic hydroxyl groups excluding tert-OH is 5. The van der Waals surface area contributed by atoms with Crippen LogP contribution in [0.1, 0.15) is 69.2 Å². The van der Waals surface area contributed by atoms with Gasteiger partial charge >= 0.3 is 0 Å². The molecule has 0 spiro atoms. The molecule has 0 atom stereocenters.